The molecule has 1 unspecified atom stereocenters. The minimum atomic E-state index is 0.171. The van der Waals surface area contributed by atoms with Gasteiger partial charge in [-0.15, -0.1) is 0 Å². The number of nitrogens with two attached hydrogens (primary N) is 1. The van der Waals surface area contributed by atoms with Crippen molar-refractivity contribution in [1.82, 2.24) is 20.3 Å². The fraction of sp³-hybridized carbons (Fsp3) is 0.318. The molecule has 31 heavy (non-hydrogen) atoms. The monoisotopic (exact) mass is 437 g/mol. The molecule has 1 fully saturated rings. The maximum absolute atomic E-state index is 6.34. The Balaban J connectivity index is 1.47. The Labute approximate surface area is 185 Å². The number of nitrogens with zero attached hydrogens (tertiary/aromatic N) is 4. The Kier molecular flexibility index (Phi) is 5.25. The Morgan fingerprint density at radius 1 is 1.26 bits per heavy atom. The van der Waals surface area contributed by atoms with Crippen molar-refractivity contribution >= 4 is 46.0 Å². The minimum Gasteiger partial charge on any atom is -0.489 e. The van der Waals surface area contributed by atoms with Crippen molar-refractivity contribution in [2.45, 2.75) is 18.4 Å². The van der Waals surface area contributed by atoms with Gasteiger partial charge < -0.3 is 21.1 Å². The molecular weight excluding hydrogens is 414 g/mol. The number of benzene rings is 2. The van der Waals surface area contributed by atoms with Crippen LogP contribution in [-0.4, -0.2) is 54.0 Å². The standard InChI is InChI=1S/C22H24ClN7O/c1-30-12-15(10-27-30)13-5-17(8-19(6-13)31-18-2-3-25-11-18)28-22-26-9-14-4-16(24)7-20(23)21(14)29-22/h4-10,15,18,25H,2-3,11-12,24H2,1H3,(H,26,28,29)/t15?,18-/m0/s1. The van der Waals surface area contributed by atoms with Crippen LogP contribution in [0.2, 0.25) is 5.02 Å². The van der Waals surface area contributed by atoms with Gasteiger partial charge in [-0.25, -0.2) is 9.97 Å². The molecule has 4 N–H and O–H groups in total. The van der Waals surface area contributed by atoms with E-state index in [0.717, 1.165) is 48.4 Å². The van der Waals surface area contributed by atoms with Crippen LogP contribution in [0.1, 0.15) is 17.9 Å². The van der Waals surface area contributed by atoms with E-state index in [-0.39, 0.29) is 12.0 Å². The SMILES string of the molecule is CN1CC(c2cc(Nc3ncc4cc(N)cc(Cl)c4n3)cc(O[C@H]3CCNC3)c2)C=N1. The first kappa shape index (κ1) is 19.8. The van der Waals surface area contributed by atoms with Crippen molar-refractivity contribution in [3.05, 3.63) is 47.1 Å². The number of ether oxygens (including phenoxy) is 1. The number of rotatable bonds is 5. The average molecular weight is 438 g/mol. The number of fused-ring (bicyclic) bond motifs is 1. The zero-order chi connectivity index (χ0) is 21.4. The van der Waals surface area contributed by atoms with Crippen molar-refractivity contribution in [3.63, 3.8) is 0 Å². The van der Waals surface area contributed by atoms with E-state index in [1.807, 2.05) is 30.4 Å². The van der Waals surface area contributed by atoms with E-state index in [1.54, 1.807) is 12.3 Å². The van der Waals surface area contributed by atoms with E-state index in [0.29, 0.717) is 22.2 Å². The molecule has 5 rings (SSSR count). The summed E-state index contributed by atoms with van der Waals surface area (Å²) in [6.07, 6.45) is 4.85. The molecule has 0 radical (unpaired) electrons. The lowest BCUT2D eigenvalue weighted by molar-refractivity contribution is 0.223. The molecule has 9 heteroatoms. The Morgan fingerprint density at radius 2 is 2.16 bits per heavy atom. The number of anilines is 3. The van der Waals surface area contributed by atoms with E-state index >= 15 is 0 Å². The normalized spacial score (nSPS) is 20.5. The second kappa shape index (κ2) is 8.20. The highest BCUT2D eigenvalue weighted by atomic mass is 35.5. The number of halogens is 1. The molecule has 2 atom stereocenters. The van der Waals surface area contributed by atoms with Gasteiger partial charge in [-0.3, -0.25) is 5.01 Å². The van der Waals surface area contributed by atoms with Crippen LogP contribution < -0.4 is 21.1 Å². The molecule has 2 aliphatic heterocycles. The van der Waals surface area contributed by atoms with Crippen molar-refractivity contribution in [1.29, 1.82) is 0 Å². The third-order valence-electron chi connectivity index (χ3n) is 5.49. The lowest BCUT2D eigenvalue weighted by atomic mass is 10.00. The highest BCUT2D eigenvalue weighted by Crippen LogP contribution is 2.31. The molecule has 160 valence electrons. The minimum absolute atomic E-state index is 0.171. The van der Waals surface area contributed by atoms with Crippen molar-refractivity contribution in [3.8, 4) is 5.75 Å². The first-order valence-electron chi connectivity index (χ1n) is 10.3. The summed E-state index contributed by atoms with van der Waals surface area (Å²) >= 11 is 6.34. The Morgan fingerprint density at radius 3 is 2.94 bits per heavy atom. The molecule has 1 aromatic heterocycles. The van der Waals surface area contributed by atoms with Crippen LogP contribution >= 0.6 is 11.6 Å². The van der Waals surface area contributed by atoms with Gasteiger partial charge in [0.15, 0.2) is 0 Å². The summed E-state index contributed by atoms with van der Waals surface area (Å²) in [4.78, 5) is 9.02. The molecule has 1 saturated heterocycles. The maximum Gasteiger partial charge on any atom is 0.227 e. The van der Waals surface area contributed by atoms with Crippen LogP contribution in [-0.2, 0) is 0 Å². The summed E-state index contributed by atoms with van der Waals surface area (Å²) in [5.74, 6) is 1.48. The molecule has 8 nitrogen and oxygen atoms in total. The second-order valence-corrected chi connectivity index (χ2v) is 8.40. The fourth-order valence-electron chi connectivity index (χ4n) is 3.98. The van der Waals surface area contributed by atoms with Gasteiger partial charge in [0.25, 0.3) is 0 Å². The predicted octanol–water partition coefficient (Wildman–Crippen LogP) is 3.36. The van der Waals surface area contributed by atoms with E-state index in [4.69, 9.17) is 22.1 Å². The Hall–Kier alpha value is -3.10. The van der Waals surface area contributed by atoms with Crippen molar-refractivity contribution < 1.29 is 4.74 Å². The molecule has 2 aromatic carbocycles. The van der Waals surface area contributed by atoms with E-state index in [9.17, 15) is 0 Å². The number of nitrogens with one attached hydrogen (secondary N) is 2. The first-order chi connectivity index (χ1) is 15.0. The van der Waals surface area contributed by atoms with Gasteiger partial charge in [-0.1, -0.05) is 11.6 Å². The number of hydrazone groups is 1. The molecular formula is C22H24ClN7O. The van der Waals surface area contributed by atoms with Gasteiger partial charge in [0.1, 0.15) is 11.9 Å². The predicted molar refractivity (Wildman–Crippen MR) is 124 cm³/mol. The molecule has 0 bridgehead atoms. The van der Waals surface area contributed by atoms with Gasteiger partial charge >= 0.3 is 0 Å². The third kappa shape index (κ3) is 4.35. The Bertz CT molecular complexity index is 1150. The summed E-state index contributed by atoms with van der Waals surface area (Å²) in [6.45, 7) is 2.67. The number of likely N-dealkylation sites (N-methyl/N-ethyl adjacent to an activating group) is 1. The van der Waals surface area contributed by atoms with Gasteiger partial charge in [0.05, 0.1) is 10.5 Å². The van der Waals surface area contributed by atoms with Gasteiger partial charge in [0.2, 0.25) is 5.95 Å². The quantitative estimate of drug-likeness (QED) is 0.526. The number of aromatic nitrogens is 2. The van der Waals surface area contributed by atoms with Gasteiger partial charge in [-0.2, -0.15) is 5.10 Å². The van der Waals surface area contributed by atoms with Crippen LogP contribution in [0.3, 0.4) is 0 Å². The summed E-state index contributed by atoms with van der Waals surface area (Å²) in [5.41, 5.74) is 9.09. The summed E-state index contributed by atoms with van der Waals surface area (Å²) < 4.78 is 6.25. The highest BCUT2D eigenvalue weighted by molar-refractivity contribution is 6.35. The first-order valence-corrected chi connectivity index (χ1v) is 10.7. The maximum atomic E-state index is 6.34. The molecule has 0 aliphatic carbocycles. The number of hydrogen-bond donors (Lipinski definition) is 3. The lowest BCUT2D eigenvalue weighted by Gasteiger charge is -2.18. The van der Waals surface area contributed by atoms with Crippen molar-refractivity contribution in [2.24, 2.45) is 5.10 Å². The summed E-state index contributed by atoms with van der Waals surface area (Å²) in [7, 11) is 1.97. The van der Waals surface area contributed by atoms with Crippen LogP contribution in [0.4, 0.5) is 17.3 Å². The smallest absolute Gasteiger partial charge is 0.227 e. The molecule has 3 heterocycles. The van der Waals surface area contributed by atoms with E-state index in [2.05, 4.69) is 37.8 Å². The zero-order valence-electron chi connectivity index (χ0n) is 17.2. The highest BCUT2D eigenvalue weighted by Gasteiger charge is 2.21. The fourth-order valence-corrected chi connectivity index (χ4v) is 4.25. The van der Waals surface area contributed by atoms with E-state index in [1.165, 1.54) is 0 Å². The van der Waals surface area contributed by atoms with Gasteiger partial charge in [0, 0.05) is 61.3 Å². The largest absolute Gasteiger partial charge is 0.489 e. The molecule has 0 saturated carbocycles. The number of hydrogen-bond acceptors (Lipinski definition) is 8. The van der Waals surface area contributed by atoms with Crippen LogP contribution in [0, 0.1) is 0 Å². The average Bonchev–Trinajstić information content (AvgIpc) is 3.40. The summed E-state index contributed by atoms with van der Waals surface area (Å²) in [5, 5.41) is 14.3. The molecule has 3 aromatic rings. The molecule has 0 amide bonds. The molecule has 2 aliphatic rings. The van der Waals surface area contributed by atoms with E-state index < -0.39 is 0 Å². The van der Waals surface area contributed by atoms with Crippen LogP contribution in [0.25, 0.3) is 10.9 Å². The van der Waals surface area contributed by atoms with Crippen molar-refractivity contribution in [2.75, 3.05) is 37.7 Å². The summed E-state index contributed by atoms with van der Waals surface area (Å²) in [6, 6.07) is 9.67. The van der Waals surface area contributed by atoms with Crippen LogP contribution in [0.15, 0.2) is 41.6 Å². The van der Waals surface area contributed by atoms with Gasteiger partial charge in [-0.05, 0) is 42.8 Å². The topological polar surface area (TPSA) is 101 Å². The number of nitrogen functional groups attached to an aromatic ring is 1. The van der Waals surface area contributed by atoms with Crippen LogP contribution in [0.5, 0.6) is 5.75 Å². The molecule has 0 spiro atoms. The zero-order valence-corrected chi connectivity index (χ0v) is 17.9. The lowest BCUT2D eigenvalue weighted by Crippen LogP contribution is -2.20. The third-order valence-corrected chi connectivity index (χ3v) is 5.78. The second-order valence-electron chi connectivity index (χ2n) is 7.99.